The third-order valence-corrected chi connectivity index (χ3v) is 3.62. The molecule has 0 saturated carbocycles. The second-order valence-electron chi connectivity index (χ2n) is 4.42. The summed E-state index contributed by atoms with van der Waals surface area (Å²) in [5.41, 5.74) is 9.18. The molecule has 0 aromatic heterocycles. The summed E-state index contributed by atoms with van der Waals surface area (Å²) in [6.45, 7) is 0.556. The molecule has 0 atom stereocenters. The molecule has 88 valence electrons. The van der Waals surface area contributed by atoms with Crippen LogP contribution in [0.15, 0.2) is 6.07 Å². The number of aromatic hydroxyl groups is 1. The maximum Gasteiger partial charge on any atom is 0.137 e. The Bertz CT molecular complexity index is 390. The Kier molecular flexibility index (Phi) is 3.72. The Balaban J connectivity index is 2.51. The quantitative estimate of drug-likeness (QED) is 0.780. The summed E-state index contributed by atoms with van der Waals surface area (Å²) in [6.07, 6.45) is 6.52. The van der Waals surface area contributed by atoms with E-state index in [9.17, 15) is 5.11 Å². The van der Waals surface area contributed by atoms with Gasteiger partial charge in [-0.25, -0.2) is 0 Å². The summed E-state index contributed by atoms with van der Waals surface area (Å²) in [4.78, 5) is 0. The molecular weight excluding hydrogens is 222 g/mol. The molecule has 0 bridgehead atoms. The van der Waals surface area contributed by atoms with Crippen LogP contribution in [-0.2, 0) is 19.3 Å². The zero-order chi connectivity index (χ0) is 11.5. The molecule has 2 nitrogen and oxygen atoms in total. The van der Waals surface area contributed by atoms with Crippen LogP contribution in [0.1, 0.15) is 36.0 Å². The second-order valence-corrected chi connectivity index (χ2v) is 4.83. The molecule has 0 spiro atoms. The molecule has 16 heavy (non-hydrogen) atoms. The molecular formula is C13H18ClNO. The van der Waals surface area contributed by atoms with Crippen molar-refractivity contribution in [1.29, 1.82) is 0 Å². The standard InChI is InChI=1S/C13H18ClNO/c14-12-8-9-4-2-1-3-5-10(9)11(6-7-15)13(12)16/h8,16H,1-7,15H2. The number of fused-ring (bicyclic) bond motifs is 1. The number of nitrogens with two attached hydrogens (primary N) is 1. The van der Waals surface area contributed by atoms with Crippen molar-refractivity contribution >= 4 is 11.6 Å². The van der Waals surface area contributed by atoms with E-state index in [2.05, 4.69) is 0 Å². The second kappa shape index (κ2) is 5.07. The Labute approximate surface area is 101 Å². The van der Waals surface area contributed by atoms with Gasteiger partial charge in [-0.15, -0.1) is 0 Å². The first-order chi connectivity index (χ1) is 7.74. The highest BCUT2D eigenvalue weighted by Crippen LogP contribution is 2.36. The van der Waals surface area contributed by atoms with Crippen LogP contribution in [0.2, 0.25) is 5.02 Å². The van der Waals surface area contributed by atoms with Gasteiger partial charge in [0.15, 0.2) is 0 Å². The maximum absolute atomic E-state index is 9.99. The van der Waals surface area contributed by atoms with E-state index in [1.54, 1.807) is 0 Å². The molecule has 1 aliphatic rings. The third-order valence-electron chi connectivity index (χ3n) is 3.33. The van der Waals surface area contributed by atoms with E-state index >= 15 is 0 Å². The monoisotopic (exact) mass is 239 g/mol. The summed E-state index contributed by atoms with van der Waals surface area (Å²) in [6, 6.07) is 1.93. The summed E-state index contributed by atoms with van der Waals surface area (Å²) in [7, 11) is 0. The summed E-state index contributed by atoms with van der Waals surface area (Å²) in [5.74, 6) is 0.243. The van der Waals surface area contributed by atoms with E-state index < -0.39 is 0 Å². The average Bonchev–Trinajstić information content (AvgIpc) is 2.50. The summed E-state index contributed by atoms with van der Waals surface area (Å²) >= 11 is 6.05. The average molecular weight is 240 g/mol. The van der Waals surface area contributed by atoms with Gasteiger partial charge in [0.2, 0.25) is 0 Å². The first-order valence-corrected chi connectivity index (χ1v) is 6.34. The minimum absolute atomic E-state index is 0.243. The molecule has 2 rings (SSSR count). The normalized spacial score (nSPS) is 15.6. The lowest BCUT2D eigenvalue weighted by Gasteiger charge is -2.15. The zero-order valence-corrected chi connectivity index (χ0v) is 10.2. The van der Waals surface area contributed by atoms with Crippen molar-refractivity contribution in [2.45, 2.75) is 38.5 Å². The number of aryl methyl sites for hydroxylation is 1. The van der Waals surface area contributed by atoms with Crippen molar-refractivity contribution in [2.75, 3.05) is 6.54 Å². The van der Waals surface area contributed by atoms with Crippen molar-refractivity contribution in [3.63, 3.8) is 0 Å². The van der Waals surface area contributed by atoms with Gasteiger partial charge in [0.1, 0.15) is 5.75 Å². The lowest BCUT2D eigenvalue weighted by Crippen LogP contribution is -2.07. The Morgan fingerprint density at radius 3 is 2.75 bits per heavy atom. The van der Waals surface area contributed by atoms with E-state index in [1.807, 2.05) is 6.07 Å². The predicted octanol–water partition coefficient (Wildman–Crippen LogP) is 2.82. The number of benzene rings is 1. The van der Waals surface area contributed by atoms with Crippen LogP contribution in [0.3, 0.4) is 0 Å². The number of phenols is 1. The van der Waals surface area contributed by atoms with E-state index in [4.69, 9.17) is 17.3 Å². The fraction of sp³-hybridized carbons (Fsp3) is 0.538. The Morgan fingerprint density at radius 1 is 1.25 bits per heavy atom. The van der Waals surface area contributed by atoms with Gasteiger partial charge >= 0.3 is 0 Å². The number of hydrogen-bond acceptors (Lipinski definition) is 2. The van der Waals surface area contributed by atoms with Gasteiger partial charge in [-0.2, -0.15) is 0 Å². The van der Waals surface area contributed by atoms with Gasteiger partial charge in [0, 0.05) is 5.56 Å². The summed E-state index contributed by atoms with van der Waals surface area (Å²) < 4.78 is 0. The van der Waals surface area contributed by atoms with Crippen molar-refractivity contribution in [3.8, 4) is 5.75 Å². The molecule has 1 aromatic rings. The Hall–Kier alpha value is -0.730. The van der Waals surface area contributed by atoms with E-state index in [0.717, 1.165) is 18.4 Å². The van der Waals surface area contributed by atoms with E-state index in [0.29, 0.717) is 18.0 Å². The number of rotatable bonds is 2. The van der Waals surface area contributed by atoms with Gasteiger partial charge in [-0.05, 0) is 55.8 Å². The minimum atomic E-state index is 0.243. The van der Waals surface area contributed by atoms with Crippen LogP contribution in [0.25, 0.3) is 0 Å². The van der Waals surface area contributed by atoms with Crippen LogP contribution < -0.4 is 5.73 Å². The molecule has 0 saturated heterocycles. The van der Waals surface area contributed by atoms with Gasteiger partial charge in [0.25, 0.3) is 0 Å². The van der Waals surface area contributed by atoms with Crippen LogP contribution in [-0.4, -0.2) is 11.7 Å². The molecule has 0 fully saturated rings. The SMILES string of the molecule is NCCc1c(O)c(Cl)cc2c1CCCCC2. The maximum atomic E-state index is 9.99. The van der Waals surface area contributed by atoms with Gasteiger partial charge in [-0.1, -0.05) is 18.0 Å². The van der Waals surface area contributed by atoms with E-state index in [-0.39, 0.29) is 5.75 Å². The lowest BCUT2D eigenvalue weighted by molar-refractivity contribution is 0.467. The molecule has 3 heteroatoms. The first kappa shape index (κ1) is 11.7. The predicted molar refractivity (Wildman–Crippen MR) is 67.1 cm³/mol. The molecule has 0 unspecified atom stereocenters. The first-order valence-electron chi connectivity index (χ1n) is 5.96. The van der Waals surface area contributed by atoms with Crippen molar-refractivity contribution in [1.82, 2.24) is 0 Å². The fourth-order valence-corrected chi connectivity index (χ4v) is 2.78. The minimum Gasteiger partial charge on any atom is -0.506 e. The van der Waals surface area contributed by atoms with Gasteiger partial charge in [-0.3, -0.25) is 0 Å². The molecule has 0 aliphatic heterocycles. The topological polar surface area (TPSA) is 46.2 Å². The van der Waals surface area contributed by atoms with Crippen LogP contribution in [0.5, 0.6) is 5.75 Å². The number of hydrogen-bond donors (Lipinski definition) is 2. The number of halogens is 1. The number of phenolic OH excluding ortho intramolecular Hbond substituents is 1. The molecule has 0 amide bonds. The molecule has 0 radical (unpaired) electrons. The van der Waals surface area contributed by atoms with Crippen LogP contribution in [0, 0.1) is 0 Å². The highest BCUT2D eigenvalue weighted by atomic mass is 35.5. The molecule has 0 heterocycles. The van der Waals surface area contributed by atoms with Crippen molar-refractivity contribution in [3.05, 3.63) is 27.8 Å². The van der Waals surface area contributed by atoms with Crippen molar-refractivity contribution < 1.29 is 5.11 Å². The zero-order valence-electron chi connectivity index (χ0n) is 9.43. The van der Waals surface area contributed by atoms with Crippen LogP contribution >= 0.6 is 11.6 Å². The molecule has 3 N–H and O–H groups in total. The molecule has 1 aliphatic carbocycles. The van der Waals surface area contributed by atoms with Gasteiger partial charge < -0.3 is 10.8 Å². The summed E-state index contributed by atoms with van der Waals surface area (Å²) in [5, 5.41) is 10.5. The van der Waals surface area contributed by atoms with Crippen molar-refractivity contribution in [2.24, 2.45) is 5.73 Å². The fourth-order valence-electron chi connectivity index (χ4n) is 2.53. The van der Waals surface area contributed by atoms with E-state index in [1.165, 1.54) is 30.4 Å². The third kappa shape index (κ3) is 2.18. The van der Waals surface area contributed by atoms with Crippen LogP contribution in [0.4, 0.5) is 0 Å². The van der Waals surface area contributed by atoms with Gasteiger partial charge in [0.05, 0.1) is 5.02 Å². The Morgan fingerprint density at radius 2 is 2.00 bits per heavy atom. The smallest absolute Gasteiger partial charge is 0.137 e. The molecule has 1 aromatic carbocycles. The largest absolute Gasteiger partial charge is 0.506 e. The highest BCUT2D eigenvalue weighted by molar-refractivity contribution is 6.32. The highest BCUT2D eigenvalue weighted by Gasteiger charge is 2.17. The lowest BCUT2D eigenvalue weighted by atomic mass is 9.94.